The fraction of sp³-hybridized carbons (Fsp3) is 0.100. The van der Waals surface area contributed by atoms with Crippen molar-refractivity contribution in [1.82, 2.24) is 15.6 Å². The smallest absolute Gasteiger partial charge is 0.326 e. The van der Waals surface area contributed by atoms with Crippen molar-refractivity contribution < 1.29 is 4.79 Å². The van der Waals surface area contributed by atoms with Crippen LogP contribution in [0.2, 0.25) is 0 Å². The molecule has 0 saturated carbocycles. The van der Waals surface area contributed by atoms with Gasteiger partial charge in [-0.3, -0.25) is 15.7 Å². The lowest BCUT2D eigenvalue weighted by molar-refractivity contribution is 0.256. The van der Waals surface area contributed by atoms with Gasteiger partial charge in [0.05, 0.1) is 18.4 Å². The minimum Gasteiger partial charge on any atom is -0.345 e. The van der Waals surface area contributed by atoms with Crippen molar-refractivity contribution in [2.24, 2.45) is 0 Å². The normalized spacial score (nSPS) is 8.69. The van der Waals surface area contributed by atoms with Crippen LogP contribution in [0.5, 0.6) is 0 Å². The lowest BCUT2D eigenvalue weighted by Crippen LogP contribution is -2.42. The average molecular weight is 217 g/mol. The van der Waals surface area contributed by atoms with Gasteiger partial charge in [-0.2, -0.15) is 0 Å². The fourth-order valence-corrected chi connectivity index (χ4v) is 0.896. The van der Waals surface area contributed by atoms with E-state index in [0.717, 1.165) is 0 Å². The third-order valence-corrected chi connectivity index (χ3v) is 1.53. The van der Waals surface area contributed by atoms with Crippen LogP contribution in [-0.4, -0.2) is 23.5 Å². The van der Waals surface area contributed by atoms with Gasteiger partial charge in [0.25, 0.3) is 0 Å². The summed E-state index contributed by atoms with van der Waals surface area (Å²) in [6.45, 7) is 0.187. The first kappa shape index (κ1) is 11.5. The Morgan fingerprint density at radius 3 is 3.06 bits per heavy atom. The molecule has 0 spiro atoms. The number of aromatic nitrogens is 1. The van der Waals surface area contributed by atoms with Crippen molar-refractivity contribution in [2.45, 2.75) is 0 Å². The number of nitrogens with one attached hydrogen (secondary N) is 4. The van der Waals surface area contributed by atoms with E-state index < -0.39 is 6.03 Å². The number of hydrogen-bond acceptors (Lipinski definition) is 3. The highest BCUT2D eigenvalue weighted by Gasteiger charge is 2.03. The molecule has 6 nitrogen and oxygen atoms in total. The van der Waals surface area contributed by atoms with Crippen LogP contribution in [0.4, 0.5) is 10.5 Å². The molecule has 0 saturated heterocycles. The summed E-state index contributed by atoms with van der Waals surface area (Å²) in [6, 6.07) is 2.85. The van der Waals surface area contributed by atoms with Gasteiger partial charge in [0, 0.05) is 6.20 Å². The van der Waals surface area contributed by atoms with E-state index in [-0.39, 0.29) is 12.5 Å². The Morgan fingerprint density at radius 2 is 2.44 bits per heavy atom. The Bertz CT molecular complexity index is 409. The molecule has 2 amide bonds. The number of guanidine groups is 1. The van der Waals surface area contributed by atoms with E-state index in [9.17, 15) is 4.79 Å². The molecule has 0 aliphatic rings. The molecule has 0 fully saturated rings. The number of hydrogen-bond donors (Lipinski definition) is 4. The third-order valence-electron chi connectivity index (χ3n) is 1.53. The lowest BCUT2D eigenvalue weighted by atomic mass is 10.4. The van der Waals surface area contributed by atoms with E-state index in [1.54, 1.807) is 18.3 Å². The summed E-state index contributed by atoms with van der Waals surface area (Å²) in [5.41, 5.74) is 0.546. The molecular weight excluding hydrogens is 206 g/mol. The van der Waals surface area contributed by atoms with Crippen molar-refractivity contribution >= 4 is 17.7 Å². The standard InChI is InChI=1S/C10H11N5O/c1-2-5-13-9(11)15-10(16)14-8-4-3-6-12-7-8/h1,3-4,6-7H,5H2,(H4,11,13,14,15,16). The topological polar surface area (TPSA) is 89.9 Å². The molecule has 0 atom stereocenters. The quantitative estimate of drug-likeness (QED) is 0.327. The van der Waals surface area contributed by atoms with Crippen molar-refractivity contribution in [3.05, 3.63) is 24.5 Å². The van der Waals surface area contributed by atoms with E-state index in [1.807, 2.05) is 0 Å². The molecule has 0 bridgehead atoms. The molecule has 82 valence electrons. The van der Waals surface area contributed by atoms with Crippen LogP contribution in [0.1, 0.15) is 0 Å². The van der Waals surface area contributed by atoms with Crippen LogP contribution in [0.25, 0.3) is 0 Å². The van der Waals surface area contributed by atoms with Gasteiger partial charge < -0.3 is 10.6 Å². The number of amides is 2. The maximum Gasteiger partial charge on any atom is 0.326 e. The van der Waals surface area contributed by atoms with Gasteiger partial charge in [-0.15, -0.1) is 6.42 Å². The number of nitrogens with zero attached hydrogens (tertiary/aromatic N) is 1. The van der Waals surface area contributed by atoms with E-state index in [1.165, 1.54) is 6.20 Å². The monoisotopic (exact) mass is 217 g/mol. The molecule has 0 aliphatic heterocycles. The summed E-state index contributed by atoms with van der Waals surface area (Å²) >= 11 is 0. The summed E-state index contributed by atoms with van der Waals surface area (Å²) in [5, 5.41) is 14.6. The number of urea groups is 1. The van der Waals surface area contributed by atoms with Gasteiger partial charge in [-0.25, -0.2) is 4.79 Å². The second-order valence-corrected chi connectivity index (χ2v) is 2.75. The second-order valence-electron chi connectivity index (χ2n) is 2.75. The van der Waals surface area contributed by atoms with E-state index in [2.05, 4.69) is 26.9 Å². The second kappa shape index (κ2) is 6.03. The van der Waals surface area contributed by atoms with Gasteiger partial charge in [-0.05, 0) is 12.1 Å². The van der Waals surface area contributed by atoms with E-state index in [0.29, 0.717) is 5.69 Å². The zero-order valence-electron chi connectivity index (χ0n) is 8.45. The summed E-state index contributed by atoms with van der Waals surface area (Å²) in [5.74, 6) is 2.13. The molecule has 1 rings (SSSR count). The molecule has 1 aromatic rings. The highest BCUT2D eigenvalue weighted by atomic mass is 16.2. The predicted octanol–water partition coefficient (Wildman–Crippen LogP) is 0.361. The SMILES string of the molecule is C#CCNC(=N)NC(=O)Nc1cccnc1. The molecule has 1 heterocycles. The Hall–Kier alpha value is -2.55. The number of pyridine rings is 1. The van der Waals surface area contributed by atoms with Gasteiger partial charge in [0.2, 0.25) is 0 Å². The van der Waals surface area contributed by atoms with Crippen LogP contribution in [0, 0.1) is 17.8 Å². The van der Waals surface area contributed by atoms with E-state index >= 15 is 0 Å². The first-order valence-corrected chi connectivity index (χ1v) is 4.46. The number of carbonyl (C=O) groups is 1. The summed E-state index contributed by atoms with van der Waals surface area (Å²) in [4.78, 5) is 15.1. The van der Waals surface area contributed by atoms with Gasteiger partial charge >= 0.3 is 6.03 Å². The van der Waals surface area contributed by atoms with Crippen molar-refractivity contribution in [3.8, 4) is 12.3 Å². The zero-order valence-corrected chi connectivity index (χ0v) is 8.45. The molecular formula is C10H11N5O. The van der Waals surface area contributed by atoms with Crippen LogP contribution >= 0.6 is 0 Å². The molecule has 16 heavy (non-hydrogen) atoms. The lowest BCUT2D eigenvalue weighted by Gasteiger charge is -2.08. The van der Waals surface area contributed by atoms with E-state index in [4.69, 9.17) is 11.8 Å². The highest BCUT2D eigenvalue weighted by Crippen LogP contribution is 2.01. The molecule has 1 aromatic heterocycles. The first-order valence-electron chi connectivity index (χ1n) is 4.46. The van der Waals surface area contributed by atoms with Gasteiger partial charge in [0.15, 0.2) is 5.96 Å². The molecule has 0 aliphatic carbocycles. The van der Waals surface area contributed by atoms with Crippen molar-refractivity contribution in [1.29, 1.82) is 5.41 Å². The number of rotatable bonds is 2. The molecule has 0 aromatic carbocycles. The van der Waals surface area contributed by atoms with Crippen LogP contribution in [-0.2, 0) is 0 Å². The third kappa shape index (κ3) is 4.11. The molecule has 6 heteroatoms. The molecule has 0 unspecified atom stereocenters. The molecule has 4 N–H and O–H groups in total. The Balaban J connectivity index is 2.37. The summed E-state index contributed by atoms with van der Waals surface area (Å²) in [7, 11) is 0. The largest absolute Gasteiger partial charge is 0.345 e. The fourth-order valence-electron chi connectivity index (χ4n) is 0.896. The maximum atomic E-state index is 11.3. The Labute approximate surface area is 93.0 Å². The van der Waals surface area contributed by atoms with Crippen LogP contribution < -0.4 is 16.0 Å². The number of terminal acetylenes is 1. The summed E-state index contributed by atoms with van der Waals surface area (Å²) < 4.78 is 0. The first-order chi connectivity index (χ1) is 7.72. The van der Waals surface area contributed by atoms with Crippen molar-refractivity contribution in [3.63, 3.8) is 0 Å². The zero-order chi connectivity index (χ0) is 11.8. The number of anilines is 1. The summed E-state index contributed by atoms with van der Waals surface area (Å²) in [6.07, 6.45) is 8.08. The van der Waals surface area contributed by atoms with Gasteiger partial charge in [-0.1, -0.05) is 5.92 Å². The highest BCUT2D eigenvalue weighted by molar-refractivity contribution is 6.01. The Kier molecular flexibility index (Phi) is 4.34. The van der Waals surface area contributed by atoms with Crippen LogP contribution in [0.3, 0.4) is 0 Å². The number of carbonyl (C=O) groups excluding carboxylic acids is 1. The average Bonchev–Trinajstić information content (AvgIpc) is 2.27. The minimum atomic E-state index is -0.525. The van der Waals surface area contributed by atoms with Gasteiger partial charge in [0.1, 0.15) is 0 Å². The maximum absolute atomic E-state index is 11.3. The minimum absolute atomic E-state index is 0.153. The molecule has 0 radical (unpaired) electrons. The van der Waals surface area contributed by atoms with Crippen LogP contribution in [0.15, 0.2) is 24.5 Å². The predicted molar refractivity (Wildman–Crippen MR) is 61.0 cm³/mol. The van der Waals surface area contributed by atoms with Crippen molar-refractivity contribution in [2.75, 3.05) is 11.9 Å². The Morgan fingerprint density at radius 1 is 1.62 bits per heavy atom.